The third-order valence-corrected chi connectivity index (χ3v) is 8.63. The fourth-order valence-corrected chi connectivity index (χ4v) is 6.53. The van der Waals surface area contributed by atoms with Crippen LogP contribution in [0.1, 0.15) is 45.4 Å². The fourth-order valence-electron chi connectivity index (χ4n) is 6.53. The van der Waals surface area contributed by atoms with Crippen LogP contribution in [0, 0.1) is 11.3 Å². The molecule has 3 fully saturated rings. The van der Waals surface area contributed by atoms with Crippen LogP contribution in [0.3, 0.4) is 0 Å². The van der Waals surface area contributed by atoms with Gasteiger partial charge in [-0.2, -0.15) is 5.26 Å². The van der Waals surface area contributed by atoms with Gasteiger partial charge in [-0.05, 0) is 50.8 Å². The Kier molecular flexibility index (Phi) is 6.80. The van der Waals surface area contributed by atoms with Gasteiger partial charge in [-0.3, -0.25) is 9.69 Å². The van der Waals surface area contributed by atoms with Gasteiger partial charge in [0.2, 0.25) is 5.96 Å². The van der Waals surface area contributed by atoms with Gasteiger partial charge in [-0.1, -0.05) is 12.8 Å². The van der Waals surface area contributed by atoms with E-state index in [-0.39, 0.29) is 17.5 Å². The van der Waals surface area contributed by atoms with E-state index in [2.05, 4.69) is 32.6 Å². The van der Waals surface area contributed by atoms with Crippen LogP contribution >= 0.6 is 0 Å². The second-order valence-corrected chi connectivity index (χ2v) is 10.9. The quantitative estimate of drug-likeness (QED) is 0.629. The van der Waals surface area contributed by atoms with Crippen molar-refractivity contribution in [3.05, 3.63) is 41.8 Å². The van der Waals surface area contributed by atoms with Crippen molar-refractivity contribution in [2.24, 2.45) is 4.99 Å². The van der Waals surface area contributed by atoms with Crippen molar-refractivity contribution >= 4 is 23.4 Å². The van der Waals surface area contributed by atoms with Gasteiger partial charge >= 0.3 is 0 Å². The third kappa shape index (κ3) is 4.65. The zero-order valence-corrected chi connectivity index (χ0v) is 22.0. The maximum Gasteiger partial charge on any atom is 0.266 e. The first kappa shape index (κ1) is 24.9. The number of aliphatic imine (C=N–C) groups is 1. The van der Waals surface area contributed by atoms with Gasteiger partial charge in [0.05, 0.1) is 25.1 Å². The number of nitriles is 1. The number of nitrogens with one attached hydrogen (secondary N) is 2. The molecule has 0 radical (unpaired) electrons. The Labute approximate surface area is 224 Å². The van der Waals surface area contributed by atoms with Crippen LogP contribution in [0.25, 0.3) is 0 Å². The highest BCUT2D eigenvalue weighted by molar-refractivity contribution is 6.02. The smallest absolute Gasteiger partial charge is 0.266 e. The molecule has 38 heavy (non-hydrogen) atoms. The van der Waals surface area contributed by atoms with Crippen molar-refractivity contribution in [1.82, 2.24) is 20.1 Å². The lowest BCUT2D eigenvalue weighted by Crippen LogP contribution is -2.59. The number of carbonyl (C=O) groups excluding carboxylic acids is 1. The zero-order chi connectivity index (χ0) is 26.1. The lowest BCUT2D eigenvalue weighted by atomic mass is 9.89. The van der Waals surface area contributed by atoms with E-state index in [0.29, 0.717) is 12.0 Å². The molecular formula is C28H36N8O2. The van der Waals surface area contributed by atoms with Gasteiger partial charge in [0.25, 0.3) is 5.91 Å². The molecule has 5 heterocycles. The highest BCUT2D eigenvalue weighted by Crippen LogP contribution is 2.40. The summed E-state index contributed by atoms with van der Waals surface area (Å²) in [6.07, 6.45) is 11.7. The number of pyridine rings is 1. The van der Waals surface area contributed by atoms with E-state index in [1.54, 1.807) is 6.08 Å². The molecule has 200 valence electrons. The molecule has 6 rings (SSSR count). The van der Waals surface area contributed by atoms with Crippen LogP contribution in [0.5, 0.6) is 0 Å². The number of morpholine rings is 1. The molecule has 1 unspecified atom stereocenters. The number of carbonyl (C=O) groups is 1. The molecule has 2 saturated heterocycles. The molecule has 1 atom stereocenters. The molecule has 1 aliphatic carbocycles. The second-order valence-electron chi connectivity index (χ2n) is 10.9. The Bertz CT molecular complexity index is 1180. The number of amides is 1. The number of piperidine rings is 1. The minimum atomic E-state index is -0.863. The summed E-state index contributed by atoms with van der Waals surface area (Å²) >= 11 is 0. The van der Waals surface area contributed by atoms with E-state index in [4.69, 9.17) is 14.7 Å². The highest BCUT2D eigenvalue weighted by atomic mass is 16.5. The minimum Gasteiger partial charge on any atom is -0.379 e. The molecule has 1 amide bonds. The van der Waals surface area contributed by atoms with Crippen molar-refractivity contribution in [3.63, 3.8) is 0 Å². The molecule has 2 N–H and O–H groups in total. The fraction of sp³-hybridized carbons (Fsp3) is 0.571. The summed E-state index contributed by atoms with van der Waals surface area (Å²) in [6, 6.07) is 6.88. The van der Waals surface area contributed by atoms with Crippen molar-refractivity contribution < 1.29 is 9.53 Å². The van der Waals surface area contributed by atoms with Crippen LogP contribution < -0.4 is 15.5 Å². The van der Waals surface area contributed by atoms with Crippen molar-refractivity contribution in [3.8, 4) is 6.07 Å². The molecular weight excluding hydrogens is 480 g/mol. The minimum absolute atomic E-state index is 0.0874. The molecule has 4 aliphatic heterocycles. The van der Waals surface area contributed by atoms with E-state index in [1.807, 2.05) is 30.3 Å². The summed E-state index contributed by atoms with van der Waals surface area (Å²) < 4.78 is 5.50. The molecule has 1 saturated carbocycles. The van der Waals surface area contributed by atoms with Gasteiger partial charge in [0, 0.05) is 50.0 Å². The molecule has 0 aromatic carbocycles. The van der Waals surface area contributed by atoms with E-state index in [9.17, 15) is 10.1 Å². The second kappa shape index (κ2) is 10.4. The van der Waals surface area contributed by atoms with Gasteiger partial charge < -0.3 is 25.2 Å². The number of aromatic nitrogens is 1. The van der Waals surface area contributed by atoms with Gasteiger partial charge in [0.15, 0.2) is 5.66 Å². The maximum absolute atomic E-state index is 13.2. The van der Waals surface area contributed by atoms with Crippen molar-refractivity contribution in [1.29, 1.82) is 5.26 Å². The van der Waals surface area contributed by atoms with Gasteiger partial charge in [0.1, 0.15) is 17.5 Å². The van der Waals surface area contributed by atoms with Crippen LogP contribution in [0.2, 0.25) is 0 Å². The molecule has 5 aliphatic rings. The summed E-state index contributed by atoms with van der Waals surface area (Å²) in [7, 11) is 0. The molecule has 10 nitrogen and oxygen atoms in total. The summed E-state index contributed by atoms with van der Waals surface area (Å²) in [5, 5.41) is 16.1. The number of guanidine groups is 1. The van der Waals surface area contributed by atoms with E-state index < -0.39 is 5.66 Å². The van der Waals surface area contributed by atoms with Crippen LogP contribution in [-0.2, 0) is 9.53 Å². The molecule has 0 spiro atoms. The Morgan fingerprint density at radius 3 is 2.55 bits per heavy atom. The Morgan fingerprint density at radius 2 is 1.87 bits per heavy atom. The summed E-state index contributed by atoms with van der Waals surface area (Å²) in [5.41, 5.74) is 0.951. The average Bonchev–Trinajstić information content (AvgIpc) is 3.48. The average molecular weight is 517 g/mol. The lowest BCUT2D eigenvalue weighted by molar-refractivity contribution is -0.134. The third-order valence-electron chi connectivity index (χ3n) is 8.63. The summed E-state index contributed by atoms with van der Waals surface area (Å²) in [6.45, 7) is 7.75. The predicted octanol–water partition coefficient (Wildman–Crippen LogP) is 2.59. The van der Waals surface area contributed by atoms with Crippen LogP contribution in [-0.4, -0.2) is 83.8 Å². The van der Waals surface area contributed by atoms with E-state index in [0.717, 1.165) is 95.0 Å². The number of hydrogen-bond acceptors (Lipinski definition) is 9. The molecule has 1 aromatic heterocycles. The number of hydrogen-bond donors (Lipinski definition) is 2. The van der Waals surface area contributed by atoms with Crippen molar-refractivity contribution in [2.75, 3.05) is 49.6 Å². The van der Waals surface area contributed by atoms with Crippen molar-refractivity contribution in [2.45, 2.75) is 63.2 Å². The SMILES string of the molecule is CC12N=C(Nc3ccc(N4CCC(N5CCOCC5)CC4)nc3)NC=C1C=C(C#N)C(=O)N2C1CCCC1. The predicted molar refractivity (Wildman–Crippen MR) is 145 cm³/mol. The Morgan fingerprint density at radius 1 is 1.11 bits per heavy atom. The first-order chi connectivity index (χ1) is 18.5. The number of fused-ring (bicyclic) bond motifs is 1. The normalized spacial score (nSPS) is 27.2. The molecule has 1 aromatic rings. The van der Waals surface area contributed by atoms with Crippen LogP contribution in [0.15, 0.2) is 46.7 Å². The molecule has 10 heteroatoms. The van der Waals surface area contributed by atoms with Gasteiger partial charge in [-0.25, -0.2) is 9.98 Å². The number of rotatable bonds is 4. The first-order valence-corrected chi connectivity index (χ1v) is 13.9. The number of ether oxygens (including phenoxy) is 1. The van der Waals surface area contributed by atoms with E-state index in [1.165, 1.54) is 0 Å². The Hall–Kier alpha value is -3.42. The summed E-state index contributed by atoms with van der Waals surface area (Å²) in [5.74, 6) is 1.32. The zero-order valence-electron chi connectivity index (χ0n) is 22.0. The lowest BCUT2D eigenvalue weighted by Gasteiger charge is -2.46. The standard InChI is InChI=1S/C28H36N8O2/c1-28-21(16-20(17-29)26(37)36(28)24-4-2-3-5-24)18-31-27(33-28)32-22-6-7-25(30-19-22)35-10-8-23(9-11-35)34-12-14-38-15-13-34/h6-7,16,18-19,23-24H,2-5,8-15H2,1H3,(H2,31,32,33). The Balaban J connectivity index is 1.13. The first-order valence-electron chi connectivity index (χ1n) is 13.9. The molecule has 0 bridgehead atoms. The monoisotopic (exact) mass is 516 g/mol. The highest BCUT2D eigenvalue weighted by Gasteiger charge is 2.48. The van der Waals surface area contributed by atoms with Gasteiger partial charge in [-0.15, -0.1) is 0 Å². The maximum atomic E-state index is 13.2. The van der Waals surface area contributed by atoms with E-state index >= 15 is 0 Å². The largest absolute Gasteiger partial charge is 0.379 e. The number of nitrogens with zero attached hydrogens (tertiary/aromatic N) is 6. The number of anilines is 2. The van der Waals surface area contributed by atoms with Crippen LogP contribution in [0.4, 0.5) is 11.5 Å². The topological polar surface area (TPSA) is 109 Å². The summed E-state index contributed by atoms with van der Waals surface area (Å²) in [4.78, 5) is 29.7.